The Labute approximate surface area is 133 Å². The second kappa shape index (κ2) is 7.86. The van der Waals surface area contributed by atoms with Crippen LogP contribution in [0.2, 0.25) is 5.02 Å². The number of thioether (sulfide) groups is 1. The van der Waals surface area contributed by atoms with Crippen LogP contribution in [0.1, 0.15) is 12.5 Å². The van der Waals surface area contributed by atoms with Crippen LogP contribution < -0.4 is 5.43 Å². The zero-order chi connectivity index (χ0) is 15.1. The molecule has 1 atom stereocenters. The van der Waals surface area contributed by atoms with E-state index < -0.39 is 0 Å². The number of rotatable bonds is 5. The maximum Gasteiger partial charge on any atom is 0.253 e. The van der Waals surface area contributed by atoms with E-state index in [0.29, 0.717) is 5.02 Å². The summed E-state index contributed by atoms with van der Waals surface area (Å²) < 4.78 is 0. The van der Waals surface area contributed by atoms with Gasteiger partial charge in [0.05, 0.1) is 11.5 Å². The molecule has 0 heterocycles. The van der Waals surface area contributed by atoms with Gasteiger partial charge in [-0.1, -0.05) is 41.9 Å². The van der Waals surface area contributed by atoms with Crippen molar-refractivity contribution in [1.82, 2.24) is 5.43 Å². The Morgan fingerprint density at radius 3 is 2.52 bits per heavy atom. The third-order valence-electron chi connectivity index (χ3n) is 2.68. The van der Waals surface area contributed by atoms with Crippen molar-refractivity contribution in [3.8, 4) is 0 Å². The largest absolute Gasteiger partial charge is 0.272 e. The van der Waals surface area contributed by atoms with Gasteiger partial charge in [-0.3, -0.25) is 4.79 Å². The molecule has 0 fully saturated rings. The number of hydrogen-bond donors (Lipinski definition) is 1. The number of hydrogen-bond acceptors (Lipinski definition) is 3. The molecular weight excluding hydrogens is 304 g/mol. The smallest absolute Gasteiger partial charge is 0.253 e. The molecule has 3 nitrogen and oxygen atoms in total. The summed E-state index contributed by atoms with van der Waals surface area (Å²) >= 11 is 7.29. The van der Waals surface area contributed by atoms with E-state index >= 15 is 0 Å². The van der Waals surface area contributed by atoms with Crippen LogP contribution in [0.25, 0.3) is 0 Å². The van der Waals surface area contributed by atoms with Crippen molar-refractivity contribution in [2.75, 3.05) is 0 Å². The van der Waals surface area contributed by atoms with Crippen LogP contribution in [0, 0.1) is 0 Å². The van der Waals surface area contributed by atoms with Crippen LogP contribution in [-0.2, 0) is 4.79 Å². The Balaban J connectivity index is 1.85. The van der Waals surface area contributed by atoms with Gasteiger partial charge < -0.3 is 0 Å². The van der Waals surface area contributed by atoms with Crippen LogP contribution in [0.15, 0.2) is 64.6 Å². The van der Waals surface area contributed by atoms with E-state index in [-0.39, 0.29) is 11.2 Å². The molecule has 1 amide bonds. The van der Waals surface area contributed by atoms with Gasteiger partial charge in [0.25, 0.3) is 5.91 Å². The lowest BCUT2D eigenvalue weighted by Gasteiger charge is -2.08. The summed E-state index contributed by atoms with van der Waals surface area (Å²) in [7, 11) is 0. The molecule has 1 N–H and O–H groups in total. The molecule has 0 spiro atoms. The lowest BCUT2D eigenvalue weighted by Crippen LogP contribution is -2.26. The predicted molar refractivity (Wildman–Crippen MR) is 88.9 cm³/mol. The van der Waals surface area contributed by atoms with Gasteiger partial charge in [0.1, 0.15) is 0 Å². The number of nitrogens with one attached hydrogen (secondary N) is 1. The van der Waals surface area contributed by atoms with Crippen molar-refractivity contribution in [1.29, 1.82) is 0 Å². The highest BCUT2D eigenvalue weighted by Crippen LogP contribution is 2.22. The Morgan fingerprint density at radius 1 is 1.19 bits per heavy atom. The normalized spacial score (nSPS) is 12.3. The Bertz CT molecular complexity index is 614. The van der Waals surface area contributed by atoms with Crippen LogP contribution in [0.4, 0.5) is 0 Å². The number of carbonyl (C=O) groups excluding carboxylic acids is 1. The number of halogens is 1. The SMILES string of the molecule is C[C@@H](Sc1ccccc1)C(=O)N/N=C\c1ccc(Cl)cc1. The third kappa shape index (κ3) is 5.25. The summed E-state index contributed by atoms with van der Waals surface area (Å²) in [5.74, 6) is -0.130. The molecule has 0 aliphatic heterocycles. The summed E-state index contributed by atoms with van der Waals surface area (Å²) in [6, 6.07) is 17.0. The molecule has 0 aromatic heterocycles. The molecular formula is C16H15ClN2OS. The predicted octanol–water partition coefficient (Wildman–Crippen LogP) is 3.97. The first-order chi connectivity index (χ1) is 10.1. The summed E-state index contributed by atoms with van der Waals surface area (Å²) in [5.41, 5.74) is 3.42. The van der Waals surface area contributed by atoms with Crippen molar-refractivity contribution in [3.63, 3.8) is 0 Å². The lowest BCUT2D eigenvalue weighted by molar-refractivity contribution is -0.120. The van der Waals surface area contributed by atoms with Crippen LogP contribution in [0.3, 0.4) is 0 Å². The topological polar surface area (TPSA) is 41.5 Å². The molecule has 2 rings (SSSR count). The van der Waals surface area contributed by atoms with Gasteiger partial charge >= 0.3 is 0 Å². The molecule has 0 radical (unpaired) electrons. The fraction of sp³-hybridized carbons (Fsp3) is 0.125. The summed E-state index contributed by atoms with van der Waals surface area (Å²) in [4.78, 5) is 13.0. The van der Waals surface area contributed by atoms with Gasteiger partial charge in [-0.15, -0.1) is 11.8 Å². The van der Waals surface area contributed by atoms with Gasteiger partial charge in [-0.2, -0.15) is 5.10 Å². The molecule has 21 heavy (non-hydrogen) atoms. The van der Waals surface area contributed by atoms with Gasteiger partial charge in [0.2, 0.25) is 0 Å². The Morgan fingerprint density at radius 2 is 1.86 bits per heavy atom. The Kier molecular flexibility index (Phi) is 5.84. The molecule has 2 aromatic carbocycles. The highest BCUT2D eigenvalue weighted by atomic mass is 35.5. The number of nitrogens with zero attached hydrogens (tertiary/aromatic N) is 1. The van der Waals surface area contributed by atoms with Crippen LogP contribution in [0.5, 0.6) is 0 Å². The number of hydrazone groups is 1. The van der Waals surface area contributed by atoms with E-state index in [0.717, 1.165) is 10.5 Å². The van der Waals surface area contributed by atoms with E-state index in [1.165, 1.54) is 11.8 Å². The van der Waals surface area contributed by atoms with Crippen molar-refractivity contribution in [3.05, 3.63) is 65.2 Å². The van der Waals surface area contributed by atoms with Gasteiger partial charge in [-0.25, -0.2) is 5.43 Å². The maximum absolute atomic E-state index is 11.9. The van der Waals surface area contributed by atoms with E-state index in [4.69, 9.17) is 11.6 Å². The van der Waals surface area contributed by atoms with Gasteiger partial charge in [-0.05, 0) is 36.8 Å². The molecule has 108 valence electrons. The molecule has 5 heteroatoms. The minimum absolute atomic E-state index is 0.130. The number of benzene rings is 2. The quantitative estimate of drug-likeness (QED) is 0.515. The summed E-state index contributed by atoms with van der Waals surface area (Å²) in [6.07, 6.45) is 1.59. The molecule has 0 saturated heterocycles. The third-order valence-corrected chi connectivity index (χ3v) is 4.05. The second-order valence-corrected chi connectivity index (χ2v) is 6.21. The number of carbonyl (C=O) groups is 1. The summed E-state index contributed by atoms with van der Waals surface area (Å²) in [6.45, 7) is 1.85. The maximum atomic E-state index is 11.9. The van der Waals surface area contributed by atoms with Gasteiger partial charge in [0.15, 0.2) is 0 Å². The van der Waals surface area contributed by atoms with E-state index in [1.807, 2.05) is 49.4 Å². The zero-order valence-corrected chi connectivity index (χ0v) is 13.1. The van der Waals surface area contributed by atoms with Crippen LogP contribution >= 0.6 is 23.4 Å². The molecule has 0 aliphatic rings. The molecule has 0 saturated carbocycles. The molecule has 0 aliphatic carbocycles. The highest BCUT2D eigenvalue weighted by molar-refractivity contribution is 8.00. The van der Waals surface area contributed by atoms with Crippen molar-refractivity contribution >= 4 is 35.5 Å². The fourth-order valence-corrected chi connectivity index (χ4v) is 2.58. The standard InChI is InChI=1S/C16H15ClN2OS/c1-12(21-15-5-3-2-4-6-15)16(20)19-18-11-13-7-9-14(17)10-8-13/h2-12H,1H3,(H,19,20)/b18-11-/t12-/m1/s1. The monoisotopic (exact) mass is 318 g/mol. The van der Waals surface area contributed by atoms with Crippen LogP contribution in [-0.4, -0.2) is 17.4 Å². The average Bonchev–Trinajstić information content (AvgIpc) is 2.50. The van der Waals surface area contributed by atoms with Gasteiger partial charge in [0, 0.05) is 9.92 Å². The summed E-state index contributed by atoms with van der Waals surface area (Å²) in [5, 5.41) is 4.41. The second-order valence-electron chi connectivity index (χ2n) is 4.36. The first kappa shape index (κ1) is 15.6. The van der Waals surface area contributed by atoms with Crippen molar-refractivity contribution in [2.24, 2.45) is 5.10 Å². The molecule has 2 aromatic rings. The minimum atomic E-state index is -0.213. The molecule has 0 bridgehead atoms. The van der Waals surface area contributed by atoms with E-state index in [9.17, 15) is 4.79 Å². The average molecular weight is 319 g/mol. The Hall–Kier alpha value is -1.78. The van der Waals surface area contributed by atoms with Crippen molar-refractivity contribution < 1.29 is 4.79 Å². The molecule has 0 unspecified atom stereocenters. The van der Waals surface area contributed by atoms with Crippen molar-refractivity contribution in [2.45, 2.75) is 17.1 Å². The first-order valence-electron chi connectivity index (χ1n) is 6.45. The number of amides is 1. The minimum Gasteiger partial charge on any atom is -0.272 e. The lowest BCUT2D eigenvalue weighted by atomic mass is 10.2. The zero-order valence-electron chi connectivity index (χ0n) is 11.5. The first-order valence-corrected chi connectivity index (χ1v) is 7.71. The highest BCUT2D eigenvalue weighted by Gasteiger charge is 2.13. The van der Waals surface area contributed by atoms with E-state index in [1.54, 1.807) is 18.3 Å². The fourth-order valence-electron chi connectivity index (χ4n) is 1.57. The van der Waals surface area contributed by atoms with E-state index in [2.05, 4.69) is 10.5 Å².